The van der Waals surface area contributed by atoms with Crippen LogP contribution >= 0.6 is 0 Å². The van der Waals surface area contributed by atoms with Crippen LogP contribution in [-0.4, -0.2) is 25.7 Å². The molecule has 1 atom stereocenters. The predicted molar refractivity (Wildman–Crippen MR) is 77.4 cm³/mol. The predicted octanol–water partition coefficient (Wildman–Crippen LogP) is 2.87. The van der Waals surface area contributed by atoms with Crippen LogP contribution in [0.4, 0.5) is 11.4 Å². The number of anilines is 2. The first-order valence-corrected chi connectivity index (χ1v) is 6.88. The Hall–Kier alpha value is -1.55. The Morgan fingerprint density at radius 1 is 1.42 bits per heavy atom. The fourth-order valence-electron chi connectivity index (χ4n) is 2.28. The molecule has 1 aromatic rings. The lowest BCUT2D eigenvalue weighted by molar-refractivity contribution is -0.119. The number of rotatable bonds is 7. The van der Waals surface area contributed by atoms with Crippen molar-refractivity contribution in [2.24, 2.45) is 5.92 Å². The van der Waals surface area contributed by atoms with Crippen molar-refractivity contribution in [2.75, 3.05) is 24.4 Å². The summed E-state index contributed by atoms with van der Waals surface area (Å²) in [5, 5.41) is 6.37. The molecule has 4 nitrogen and oxygen atoms in total. The van der Waals surface area contributed by atoms with Crippen molar-refractivity contribution in [1.82, 2.24) is 0 Å². The van der Waals surface area contributed by atoms with E-state index in [4.69, 9.17) is 4.74 Å². The van der Waals surface area contributed by atoms with Crippen LogP contribution in [0.2, 0.25) is 0 Å². The van der Waals surface area contributed by atoms with Gasteiger partial charge >= 0.3 is 0 Å². The van der Waals surface area contributed by atoms with Crippen LogP contribution in [0.15, 0.2) is 24.3 Å². The second-order valence-corrected chi connectivity index (χ2v) is 5.06. The van der Waals surface area contributed by atoms with E-state index in [2.05, 4.69) is 17.6 Å². The normalized spacial score (nSPS) is 15.9. The minimum Gasteiger partial charge on any atom is -0.382 e. The number of nitrogens with one attached hydrogen (secondary N) is 2. The zero-order valence-corrected chi connectivity index (χ0v) is 11.6. The van der Waals surface area contributed by atoms with E-state index in [0.717, 1.165) is 23.7 Å². The highest BCUT2D eigenvalue weighted by atomic mass is 16.5. The summed E-state index contributed by atoms with van der Waals surface area (Å²) in [5.41, 5.74) is 1.87. The molecule has 0 aliphatic heterocycles. The van der Waals surface area contributed by atoms with Crippen molar-refractivity contribution in [3.05, 3.63) is 24.3 Å². The van der Waals surface area contributed by atoms with Gasteiger partial charge in [0.2, 0.25) is 5.91 Å². The minimum absolute atomic E-state index is 0.0807. The van der Waals surface area contributed by atoms with Crippen LogP contribution in [-0.2, 0) is 9.53 Å². The topological polar surface area (TPSA) is 50.4 Å². The largest absolute Gasteiger partial charge is 0.382 e. The molecule has 19 heavy (non-hydrogen) atoms. The maximum absolute atomic E-state index is 11.5. The highest BCUT2D eigenvalue weighted by Crippen LogP contribution is 2.35. The van der Waals surface area contributed by atoms with Gasteiger partial charge in [0.15, 0.2) is 0 Å². The second kappa shape index (κ2) is 6.57. The van der Waals surface area contributed by atoms with Gasteiger partial charge in [0, 0.05) is 24.5 Å². The number of benzene rings is 1. The van der Waals surface area contributed by atoms with Gasteiger partial charge in [-0.3, -0.25) is 4.79 Å². The molecule has 0 spiro atoms. The van der Waals surface area contributed by atoms with Crippen LogP contribution in [0.1, 0.15) is 26.2 Å². The van der Waals surface area contributed by atoms with Gasteiger partial charge in [-0.05, 0) is 43.4 Å². The number of amides is 1. The summed E-state index contributed by atoms with van der Waals surface area (Å²) in [7, 11) is 1.51. The van der Waals surface area contributed by atoms with Gasteiger partial charge in [-0.25, -0.2) is 0 Å². The van der Waals surface area contributed by atoms with Gasteiger partial charge in [-0.1, -0.05) is 13.0 Å². The summed E-state index contributed by atoms with van der Waals surface area (Å²) >= 11 is 0. The van der Waals surface area contributed by atoms with E-state index in [9.17, 15) is 4.79 Å². The molecule has 1 aromatic carbocycles. The second-order valence-electron chi connectivity index (χ2n) is 5.06. The number of ether oxygens (including phenoxy) is 1. The van der Waals surface area contributed by atoms with E-state index in [0.29, 0.717) is 6.04 Å². The van der Waals surface area contributed by atoms with Crippen molar-refractivity contribution in [3.63, 3.8) is 0 Å². The van der Waals surface area contributed by atoms with E-state index in [1.54, 1.807) is 0 Å². The summed E-state index contributed by atoms with van der Waals surface area (Å²) in [6.45, 7) is 2.29. The summed E-state index contributed by atoms with van der Waals surface area (Å²) in [4.78, 5) is 11.5. The quantitative estimate of drug-likeness (QED) is 0.794. The molecule has 1 aliphatic rings. The van der Waals surface area contributed by atoms with E-state index in [1.165, 1.54) is 20.0 Å². The van der Waals surface area contributed by atoms with Crippen molar-refractivity contribution >= 4 is 17.3 Å². The van der Waals surface area contributed by atoms with Crippen LogP contribution in [0, 0.1) is 5.92 Å². The molecule has 2 N–H and O–H groups in total. The highest BCUT2D eigenvalue weighted by molar-refractivity contribution is 5.92. The molecular weight excluding hydrogens is 240 g/mol. The van der Waals surface area contributed by atoms with E-state index in [-0.39, 0.29) is 12.5 Å². The van der Waals surface area contributed by atoms with Gasteiger partial charge in [-0.15, -0.1) is 0 Å². The third kappa shape index (κ3) is 4.24. The molecule has 1 saturated carbocycles. The smallest absolute Gasteiger partial charge is 0.250 e. The minimum atomic E-state index is -0.131. The maximum atomic E-state index is 11.5. The molecule has 104 valence electrons. The Kier molecular flexibility index (Phi) is 4.80. The molecule has 1 amide bonds. The molecule has 1 aliphatic carbocycles. The molecule has 1 fully saturated rings. The first kappa shape index (κ1) is 13.9. The molecule has 4 heteroatoms. The van der Waals surface area contributed by atoms with Gasteiger partial charge in [0.05, 0.1) is 0 Å². The fraction of sp³-hybridized carbons (Fsp3) is 0.533. The average molecular weight is 262 g/mol. The number of hydrogen-bond acceptors (Lipinski definition) is 3. The average Bonchev–Trinajstić information content (AvgIpc) is 3.21. The Morgan fingerprint density at radius 3 is 2.79 bits per heavy atom. The lowest BCUT2D eigenvalue weighted by Gasteiger charge is -2.18. The van der Waals surface area contributed by atoms with Crippen molar-refractivity contribution in [1.29, 1.82) is 0 Å². The van der Waals surface area contributed by atoms with Gasteiger partial charge in [0.1, 0.15) is 6.61 Å². The molecule has 1 unspecified atom stereocenters. The Bertz CT molecular complexity index is 430. The van der Waals surface area contributed by atoms with Crippen LogP contribution in [0.3, 0.4) is 0 Å². The highest BCUT2D eigenvalue weighted by Gasteiger charge is 2.29. The number of methoxy groups -OCH3 is 1. The van der Waals surface area contributed by atoms with Crippen molar-refractivity contribution < 1.29 is 9.53 Å². The van der Waals surface area contributed by atoms with Crippen LogP contribution in [0.25, 0.3) is 0 Å². The summed E-state index contributed by atoms with van der Waals surface area (Å²) in [5.74, 6) is 0.686. The fourth-order valence-corrected chi connectivity index (χ4v) is 2.28. The Balaban J connectivity index is 1.95. The monoisotopic (exact) mass is 262 g/mol. The summed E-state index contributed by atoms with van der Waals surface area (Å²) in [6, 6.07) is 8.39. The van der Waals surface area contributed by atoms with Gasteiger partial charge in [-0.2, -0.15) is 0 Å². The summed E-state index contributed by atoms with van der Waals surface area (Å²) in [6.07, 6.45) is 3.79. The number of hydrogen-bond donors (Lipinski definition) is 2. The summed E-state index contributed by atoms with van der Waals surface area (Å²) < 4.78 is 4.80. The molecule has 2 rings (SSSR count). The van der Waals surface area contributed by atoms with E-state index >= 15 is 0 Å². The lowest BCUT2D eigenvalue weighted by atomic mass is 10.1. The first-order chi connectivity index (χ1) is 9.22. The van der Waals surface area contributed by atoms with Crippen molar-refractivity contribution in [3.8, 4) is 0 Å². The SMILES string of the molecule is CCC(Nc1cccc(NC(=O)COC)c1)C1CC1. The van der Waals surface area contributed by atoms with Gasteiger partial charge in [0.25, 0.3) is 0 Å². The Labute approximate surface area is 114 Å². The number of carbonyl (C=O) groups excluding carboxylic acids is 1. The van der Waals surface area contributed by atoms with Crippen LogP contribution in [0.5, 0.6) is 0 Å². The molecule has 0 radical (unpaired) electrons. The van der Waals surface area contributed by atoms with E-state index in [1.807, 2.05) is 24.3 Å². The molecule has 0 bridgehead atoms. The molecular formula is C15H22N2O2. The zero-order chi connectivity index (χ0) is 13.7. The van der Waals surface area contributed by atoms with Crippen molar-refractivity contribution in [2.45, 2.75) is 32.2 Å². The van der Waals surface area contributed by atoms with Crippen LogP contribution < -0.4 is 10.6 Å². The maximum Gasteiger partial charge on any atom is 0.250 e. The molecule has 0 aromatic heterocycles. The molecule has 0 saturated heterocycles. The standard InChI is InChI=1S/C15H22N2O2/c1-3-14(11-7-8-11)16-12-5-4-6-13(9-12)17-15(18)10-19-2/h4-6,9,11,14,16H,3,7-8,10H2,1-2H3,(H,17,18). The first-order valence-electron chi connectivity index (χ1n) is 6.88. The van der Waals surface area contributed by atoms with E-state index < -0.39 is 0 Å². The third-order valence-corrected chi connectivity index (χ3v) is 3.40. The van der Waals surface area contributed by atoms with Gasteiger partial charge < -0.3 is 15.4 Å². The zero-order valence-electron chi connectivity index (χ0n) is 11.6. The lowest BCUT2D eigenvalue weighted by Crippen LogP contribution is -2.21. The molecule has 0 heterocycles. The Morgan fingerprint density at radius 2 is 2.16 bits per heavy atom. The third-order valence-electron chi connectivity index (χ3n) is 3.40. The number of carbonyl (C=O) groups is 1.